The molecule has 0 saturated heterocycles. The van der Waals surface area contributed by atoms with Crippen LogP contribution in [0.3, 0.4) is 0 Å². The summed E-state index contributed by atoms with van der Waals surface area (Å²) >= 11 is 0. The first-order chi connectivity index (χ1) is 9.76. The maximum Gasteiger partial charge on any atom is 0.251 e. The van der Waals surface area contributed by atoms with Gasteiger partial charge in [0, 0.05) is 36.5 Å². The Morgan fingerprint density at radius 1 is 1.45 bits per heavy atom. The van der Waals surface area contributed by atoms with E-state index in [-0.39, 0.29) is 11.9 Å². The van der Waals surface area contributed by atoms with E-state index in [2.05, 4.69) is 10.4 Å². The number of nitrogens with zero attached hydrogens (tertiary/aromatic N) is 3. The monoisotopic (exact) mass is 266 g/mol. The van der Waals surface area contributed by atoms with E-state index in [0.29, 0.717) is 11.1 Å². The number of hydrogen-bond acceptors (Lipinski definition) is 3. The van der Waals surface area contributed by atoms with Gasteiger partial charge in [0.25, 0.3) is 5.91 Å². The predicted octanol–water partition coefficient (Wildman–Crippen LogP) is 1.50. The van der Waals surface area contributed by atoms with Crippen molar-refractivity contribution in [1.82, 2.24) is 15.1 Å². The molecule has 0 aliphatic carbocycles. The van der Waals surface area contributed by atoms with E-state index in [0.717, 1.165) is 25.1 Å². The molecule has 2 heterocycles. The first-order valence-electron chi connectivity index (χ1n) is 6.58. The Hall–Kier alpha value is -2.61. The standard InChI is InChI=1S/C15H14N4O/c16-10-11-2-1-3-12(8-11)15(20)18-13-5-7-19-14(9-13)4-6-17-19/h1-4,6,8,13H,5,7,9H2,(H,18,20)/t13-/m0/s1. The van der Waals surface area contributed by atoms with Crippen LogP contribution in [0.2, 0.25) is 0 Å². The Labute approximate surface area is 116 Å². The normalized spacial score (nSPS) is 17.1. The van der Waals surface area contributed by atoms with Crippen LogP contribution in [-0.4, -0.2) is 21.7 Å². The molecule has 0 radical (unpaired) electrons. The third-order valence-corrected chi connectivity index (χ3v) is 3.54. The van der Waals surface area contributed by atoms with Crippen molar-refractivity contribution in [1.29, 1.82) is 5.26 Å². The topological polar surface area (TPSA) is 70.7 Å². The Balaban J connectivity index is 1.69. The number of carbonyl (C=O) groups excluding carboxylic acids is 1. The zero-order valence-electron chi connectivity index (χ0n) is 10.9. The quantitative estimate of drug-likeness (QED) is 0.895. The minimum Gasteiger partial charge on any atom is -0.349 e. The van der Waals surface area contributed by atoms with Gasteiger partial charge in [0.15, 0.2) is 0 Å². The molecule has 1 N–H and O–H groups in total. The van der Waals surface area contributed by atoms with Crippen LogP contribution in [-0.2, 0) is 13.0 Å². The lowest BCUT2D eigenvalue weighted by Gasteiger charge is -2.24. The molecule has 0 fully saturated rings. The van der Waals surface area contributed by atoms with Crippen molar-refractivity contribution in [2.75, 3.05) is 0 Å². The number of rotatable bonds is 2. The fourth-order valence-electron chi connectivity index (χ4n) is 2.49. The SMILES string of the molecule is N#Cc1cccc(C(=O)N[C@H]2CCn3nccc3C2)c1. The summed E-state index contributed by atoms with van der Waals surface area (Å²) in [5.74, 6) is -0.125. The van der Waals surface area contributed by atoms with E-state index >= 15 is 0 Å². The van der Waals surface area contributed by atoms with Crippen molar-refractivity contribution in [2.24, 2.45) is 0 Å². The summed E-state index contributed by atoms with van der Waals surface area (Å²) in [6.45, 7) is 0.825. The number of nitriles is 1. The second kappa shape index (κ2) is 5.17. The Morgan fingerprint density at radius 2 is 2.35 bits per heavy atom. The summed E-state index contributed by atoms with van der Waals surface area (Å²) in [5, 5.41) is 16.1. The van der Waals surface area contributed by atoms with E-state index in [1.807, 2.05) is 16.8 Å². The molecule has 1 aliphatic rings. The van der Waals surface area contributed by atoms with E-state index in [1.54, 1.807) is 30.5 Å². The van der Waals surface area contributed by atoms with Crippen LogP contribution in [0.4, 0.5) is 0 Å². The molecule has 0 bridgehead atoms. The van der Waals surface area contributed by atoms with Crippen LogP contribution < -0.4 is 5.32 Å². The van der Waals surface area contributed by atoms with Gasteiger partial charge >= 0.3 is 0 Å². The molecule has 1 aromatic carbocycles. The van der Waals surface area contributed by atoms with Gasteiger partial charge in [-0.15, -0.1) is 0 Å². The van der Waals surface area contributed by atoms with Crippen LogP contribution in [0.1, 0.15) is 28.0 Å². The number of hydrogen-bond donors (Lipinski definition) is 1. The molecule has 0 saturated carbocycles. The van der Waals surface area contributed by atoms with Crippen LogP contribution >= 0.6 is 0 Å². The maximum absolute atomic E-state index is 12.2. The number of aryl methyl sites for hydroxylation is 1. The van der Waals surface area contributed by atoms with Crippen LogP contribution in [0.15, 0.2) is 36.5 Å². The highest BCUT2D eigenvalue weighted by Crippen LogP contribution is 2.14. The number of benzene rings is 1. The molecule has 0 unspecified atom stereocenters. The fourth-order valence-corrected chi connectivity index (χ4v) is 2.49. The van der Waals surface area contributed by atoms with Gasteiger partial charge in [0.05, 0.1) is 11.6 Å². The van der Waals surface area contributed by atoms with Gasteiger partial charge in [-0.2, -0.15) is 10.4 Å². The Kier molecular flexibility index (Phi) is 3.21. The van der Waals surface area contributed by atoms with Gasteiger partial charge in [-0.05, 0) is 30.7 Å². The van der Waals surface area contributed by atoms with Crippen LogP contribution in [0.25, 0.3) is 0 Å². The van der Waals surface area contributed by atoms with Gasteiger partial charge in [0.2, 0.25) is 0 Å². The fraction of sp³-hybridized carbons (Fsp3) is 0.267. The number of amides is 1. The first kappa shape index (κ1) is 12.4. The number of carbonyl (C=O) groups is 1. The van der Waals surface area contributed by atoms with Gasteiger partial charge in [-0.25, -0.2) is 0 Å². The van der Waals surface area contributed by atoms with Gasteiger partial charge < -0.3 is 5.32 Å². The highest BCUT2D eigenvalue weighted by molar-refractivity contribution is 5.94. The van der Waals surface area contributed by atoms with Gasteiger partial charge in [-0.3, -0.25) is 9.48 Å². The first-order valence-corrected chi connectivity index (χ1v) is 6.58. The smallest absolute Gasteiger partial charge is 0.251 e. The molecule has 1 amide bonds. The lowest BCUT2D eigenvalue weighted by atomic mass is 10.0. The van der Waals surface area contributed by atoms with Crippen molar-refractivity contribution < 1.29 is 4.79 Å². The Bertz CT molecular complexity index is 683. The molecule has 2 aromatic rings. The highest BCUT2D eigenvalue weighted by atomic mass is 16.1. The molecule has 0 spiro atoms. The number of nitrogens with one attached hydrogen (secondary N) is 1. The molecule has 1 aromatic heterocycles. The molecule has 1 atom stereocenters. The number of aromatic nitrogens is 2. The van der Waals surface area contributed by atoms with Crippen LogP contribution in [0.5, 0.6) is 0 Å². The van der Waals surface area contributed by atoms with E-state index in [4.69, 9.17) is 5.26 Å². The average Bonchev–Trinajstić information content (AvgIpc) is 2.95. The van der Waals surface area contributed by atoms with Crippen molar-refractivity contribution in [3.63, 3.8) is 0 Å². The minimum atomic E-state index is -0.125. The van der Waals surface area contributed by atoms with Crippen molar-refractivity contribution in [2.45, 2.75) is 25.4 Å². The summed E-state index contributed by atoms with van der Waals surface area (Å²) in [4.78, 5) is 12.2. The summed E-state index contributed by atoms with van der Waals surface area (Å²) in [6.07, 6.45) is 3.46. The van der Waals surface area contributed by atoms with E-state index < -0.39 is 0 Å². The van der Waals surface area contributed by atoms with Gasteiger partial charge in [-0.1, -0.05) is 6.07 Å². The largest absolute Gasteiger partial charge is 0.349 e. The summed E-state index contributed by atoms with van der Waals surface area (Å²) in [5.41, 5.74) is 2.18. The van der Waals surface area contributed by atoms with Gasteiger partial charge in [0.1, 0.15) is 0 Å². The van der Waals surface area contributed by atoms with E-state index in [1.165, 1.54) is 0 Å². The maximum atomic E-state index is 12.2. The summed E-state index contributed by atoms with van der Waals surface area (Å²) in [7, 11) is 0. The average molecular weight is 266 g/mol. The molecule has 3 rings (SSSR count). The lowest BCUT2D eigenvalue weighted by molar-refractivity contribution is 0.0930. The second-order valence-corrected chi connectivity index (χ2v) is 4.90. The minimum absolute atomic E-state index is 0.123. The summed E-state index contributed by atoms with van der Waals surface area (Å²) in [6, 6.07) is 10.9. The number of fused-ring (bicyclic) bond motifs is 1. The van der Waals surface area contributed by atoms with Crippen LogP contribution in [0, 0.1) is 11.3 Å². The van der Waals surface area contributed by atoms with E-state index in [9.17, 15) is 4.79 Å². The predicted molar refractivity (Wildman–Crippen MR) is 73.0 cm³/mol. The zero-order chi connectivity index (χ0) is 13.9. The lowest BCUT2D eigenvalue weighted by Crippen LogP contribution is -2.40. The molecule has 5 heteroatoms. The third kappa shape index (κ3) is 2.41. The molecule has 1 aliphatic heterocycles. The molecule has 100 valence electrons. The molecule has 5 nitrogen and oxygen atoms in total. The molecular formula is C15H14N4O. The van der Waals surface area contributed by atoms with Crippen molar-refractivity contribution >= 4 is 5.91 Å². The second-order valence-electron chi connectivity index (χ2n) is 4.90. The molecular weight excluding hydrogens is 252 g/mol. The third-order valence-electron chi connectivity index (χ3n) is 3.54. The zero-order valence-corrected chi connectivity index (χ0v) is 10.9. The summed E-state index contributed by atoms with van der Waals surface area (Å²) < 4.78 is 1.97. The van der Waals surface area contributed by atoms with Crippen molar-refractivity contribution in [3.05, 3.63) is 53.3 Å². The Morgan fingerprint density at radius 3 is 3.20 bits per heavy atom. The van der Waals surface area contributed by atoms with Crippen molar-refractivity contribution in [3.8, 4) is 6.07 Å². The highest BCUT2D eigenvalue weighted by Gasteiger charge is 2.20. The molecule has 20 heavy (non-hydrogen) atoms.